The van der Waals surface area contributed by atoms with E-state index in [2.05, 4.69) is 9.97 Å². The predicted octanol–water partition coefficient (Wildman–Crippen LogP) is 5.47. The van der Waals surface area contributed by atoms with Gasteiger partial charge in [-0.3, -0.25) is 9.69 Å². The van der Waals surface area contributed by atoms with Crippen molar-refractivity contribution in [2.45, 2.75) is 19.9 Å². The second kappa shape index (κ2) is 8.49. The summed E-state index contributed by atoms with van der Waals surface area (Å²) in [5.41, 5.74) is 1.43. The van der Waals surface area contributed by atoms with Gasteiger partial charge in [-0.25, -0.2) is 18.7 Å². The molecule has 0 spiro atoms. The molecule has 0 bridgehead atoms. The van der Waals surface area contributed by atoms with Crippen LogP contribution in [0.1, 0.15) is 22.3 Å². The van der Waals surface area contributed by atoms with Gasteiger partial charge in [-0.05, 0) is 43.2 Å². The zero-order valence-electron chi connectivity index (χ0n) is 16.0. The van der Waals surface area contributed by atoms with E-state index in [1.165, 1.54) is 16.2 Å². The van der Waals surface area contributed by atoms with Crippen molar-refractivity contribution in [3.8, 4) is 0 Å². The number of rotatable bonds is 6. The minimum Gasteiger partial charge on any atom is -0.337 e. The molecule has 1 amide bonds. The molecule has 4 aromatic rings. The van der Waals surface area contributed by atoms with Crippen molar-refractivity contribution in [1.29, 1.82) is 0 Å². The second-order valence-electron chi connectivity index (χ2n) is 6.80. The molecule has 30 heavy (non-hydrogen) atoms. The summed E-state index contributed by atoms with van der Waals surface area (Å²) in [6.07, 6.45) is 5.79. The van der Waals surface area contributed by atoms with E-state index >= 15 is 0 Å². The van der Waals surface area contributed by atoms with Gasteiger partial charge in [-0.1, -0.05) is 22.9 Å². The summed E-state index contributed by atoms with van der Waals surface area (Å²) in [5.74, 6) is -2.21. The molecule has 5 nitrogen and oxygen atoms in total. The summed E-state index contributed by atoms with van der Waals surface area (Å²) in [5, 5.41) is 1.02. The highest BCUT2D eigenvalue weighted by atomic mass is 35.5. The molecule has 0 fully saturated rings. The maximum Gasteiger partial charge on any atom is 0.263 e. The third kappa shape index (κ3) is 4.20. The van der Waals surface area contributed by atoms with Crippen molar-refractivity contribution >= 4 is 44.2 Å². The van der Waals surface area contributed by atoms with Gasteiger partial charge in [0.2, 0.25) is 0 Å². The van der Waals surface area contributed by atoms with E-state index in [0.717, 1.165) is 27.9 Å². The highest BCUT2D eigenvalue weighted by Crippen LogP contribution is 2.34. The molecular formula is C21H17ClF2N4OS. The van der Waals surface area contributed by atoms with Crippen LogP contribution >= 0.6 is 22.9 Å². The van der Waals surface area contributed by atoms with E-state index in [0.29, 0.717) is 35.7 Å². The molecule has 0 saturated heterocycles. The van der Waals surface area contributed by atoms with E-state index < -0.39 is 17.5 Å². The molecule has 154 valence electrons. The number of aromatic nitrogens is 3. The Balaban J connectivity index is 1.69. The number of benzene rings is 2. The van der Waals surface area contributed by atoms with E-state index in [1.807, 2.05) is 17.7 Å². The second-order valence-corrected chi connectivity index (χ2v) is 8.25. The first-order chi connectivity index (χ1) is 14.4. The first-order valence-corrected chi connectivity index (χ1v) is 10.4. The third-order valence-electron chi connectivity index (χ3n) is 4.63. The fourth-order valence-corrected chi connectivity index (χ4v) is 4.63. The number of thiazole rings is 1. The fourth-order valence-electron chi connectivity index (χ4n) is 3.18. The monoisotopic (exact) mass is 446 g/mol. The zero-order valence-corrected chi connectivity index (χ0v) is 17.6. The summed E-state index contributed by atoms with van der Waals surface area (Å²) in [4.78, 5) is 23.2. The first kappa shape index (κ1) is 20.4. The normalized spacial score (nSPS) is 11.2. The Morgan fingerprint density at radius 2 is 2.10 bits per heavy atom. The number of nitrogens with zero attached hydrogens (tertiary/aromatic N) is 4. The molecule has 0 N–H and O–H groups in total. The van der Waals surface area contributed by atoms with Crippen LogP contribution in [-0.2, 0) is 6.54 Å². The smallest absolute Gasteiger partial charge is 0.263 e. The average molecular weight is 447 g/mol. The Kier molecular flexibility index (Phi) is 5.78. The third-order valence-corrected chi connectivity index (χ3v) is 5.88. The van der Waals surface area contributed by atoms with Crippen LogP contribution in [0.5, 0.6) is 0 Å². The first-order valence-electron chi connectivity index (χ1n) is 9.22. The highest BCUT2D eigenvalue weighted by molar-refractivity contribution is 7.22. The molecule has 0 unspecified atom stereocenters. The van der Waals surface area contributed by atoms with E-state index in [1.54, 1.807) is 24.7 Å². The van der Waals surface area contributed by atoms with Crippen molar-refractivity contribution < 1.29 is 13.6 Å². The number of fused-ring (bicyclic) bond motifs is 1. The van der Waals surface area contributed by atoms with Crippen LogP contribution < -0.4 is 4.90 Å². The lowest BCUT2D eigenvalue weighted by atomic mass is 10.1. The lowest BCUT2D eigenvalue weighted by molar-refractivity contribution is 0.0982. The molecular weight excluding hydrogens is 430 g/mol. The Bertz CT molecular complexity index is 1210. The number of hydrogen-bond donors (Lipinski definition) is 0. The van der Waals surface area contributed by atoms with Crippen LogP contribution in [0.2, 0.25) is 5.02 Å². The van der Waals surface area contributed by atoms with Gasteiger partial charge in [0.05, 0.1) is 22.1 Å². The van der Waals surface area contributed by atoms with Crippen LogP contribution in [0.4, 0.5) is 13.9 Å². The zero-order chi connectivity index (χ0) is 21.3. The lowest BCUT2D eigenvalue weighted by Crippen LogP contribution is -2.33. The molecule has 0 saturated carbocycles. The van der Waals surface area contributed by atoms with E-state index in [4.69, 9.17) is 11.6 Å². The van der Waals surface area contributed by atoms with Crippen LogP contribution in [0.3, 0.4) is 0 Å². The summed E-state index contributed by atoms with van der Waals surface area (Å²) >= 11 is 7.46. The molecule has 0 atom stereocenters. The molecule has 4 rings (SSSR count). The lowest BCUT2D eigenvalue weighted by Gasteiger charge is -2.20. The Labute approximate surface area is 180 Å². The van der Waals surface area contributed by atoms with Gasteiger partial charge >= 0.3 is 0 Å². The number of aryl methyl sites for hydroxylation is 2. The van der Waals surface area contributed by atoms with Crippen molar-refractivity contribution in [2.75, 3.05) is 11.4 Å². The van der Waals surface area contributed by atoms with E-state index in [-0.39, 0.29) is 5.56 Å². The number of carbonyl (C=O) groups is 1. The standard InChI is InChI=1S/C21H17ClF2N4OS/c1-13-9-14(22)10-18-19(13)26-21(30-18)28(7-2-6-27-8-5-25-12-27)20(29)16-4-3-15(23)11-17(16)24/h3-5,8-12H,2,6-7H2,1H3. The Hall–Kier alpha value is -2.84. The van der Waals surface area contributed by atoms with Crippen LogP contribution in [-0.4, -0.2) is 27.0 Å². The van der Waals surface area contributed by atoms with Gasteiger partial charge in [-0.2, -0.15) is 0 Å². The van der Waals surface area contributed by atoms with Crippen LogP contribution in [0.25, 0.3) is 10.2 Å². The van der Waals surface area contributed by atoms with Crippen molar-refractivity contribution in [3.05, 3.63) is 76.8 Å². The van der Waals surface area contributed by atoms with Gasteiger partial charge in [0.15, 0.2) is 5.13 Å². The van der Waals surface area contributed by atoms with Crippen LogP contribution in [0.15, 0.2) is 49.1 Å². The van der Waals surface area contributed by atoms with Crippen molar-refractivity contribution in [2.24, 2.45) is 0 Å². The van der Waals surface area contributed by atoms with Crippen molar-refractivity contribution in [1.82, 2.24) is 14.5 Å². The summed E-state index contributed by atoms with van der Waals surface area (Å²) in [6.45, 7) is 2.83. The molecule has 0 radical (unpaired) electrons. The minimum atomic E-state index is -0.903. The topological polar surface area (TPSA) is 51.0 Å². The molecule has 2 aromatic heterocycles. The van der Waals surface area contributed by atoms with Gasteiger partial charge in [-0.15, -0.1) is 0 Å². The number of amides is 1. The molecule has 0 aliphatic carbocycles. The number of hydrogen-bond acceptors (Lipinski definition) is 4. The minimum absolute atomic E-state index is 0.201. The van der Waals surface area contributed by atoms with Gasteiger partial charge in [0.25, 0.3) is 5.91 Å². The van der Waals surface area contributed by atoms with Gasteiger partial charge in [0, 0.05) is 36.6 Å². The Morgan fingerprint density at radius 3 is 2.83 bits per heavy atom. The SMILES string of the molecule is Cc1cc(Cl)cc2sc(N(CCCn3ccnc3)C(=O)c3ccc(F)cc3F)nc12. The quantitative estimate of drug-likeness (QED) is 0.394. The largest absolute Gasteiger partial charge is 0.337 e. The van der Waals surface area contributed by atoms with Gasteiger partial charge < -0.3 is 4.57 Å². The molecule has 2 aromatic carbocycles. The number of halogens is 3. The molecule has 0 aliphatic heterocycles. The molecule has 2 heterocycles. The number of imidazole rings is 1. The van der Waals surface area contributed by atoms with Crippen LogP contribution in [0, 0.1) is 18.6 Å². The maximum absolute atomic E-state index is 14.3. The number of anilines is 1. The fraction of sp³-hybridized carbons (Fsp3) is 0.190. The predicted molar refractivity (Wildman–Crippen MR) is 114 cm³/mol. The van der Waals surface area contributed by atoms with Gasteiger partial charge in [0.1, 0.15) is 11.6 Å². The highest BCUT2D eigenvalue weighted by Gasteiger charge is 2.24. The Morgan fingerprint density at radius 1 is 1.27 bits per heavy atom. The molecule has 0 aliphatic rings. The number of carbonyl (C=O) groups excluding carboxylic acids is 1. The maximum atomic E-state index is 14.3. The summed E-state index contributed by atoms with van der Waals surface area (Å²) < 4.78 is 30.4. The van der Waals surface area contributed by atoms with Crippen molar-refractivity contribution in [3.63, 3.8) is 0 Å². The average Bonchev–Trinajstić information content (AvgIpc) is 3.34. The molecule has 9 heteroatoms. The summed E-state index contributed by atoms with van der Waals surface area (Å²) in [6, 6.07) is 6.53. The van der Waals surface area contributed by atoms with E-state index in [9.17, 15) is 13.6 Å². The summed E-state index contributed by atoms with van der Waals surface area (Å²) in [7, 11) is 0.